The summed E-state index contributed by atoms with van der Waals surface area (Å²) in [4.78, 5) is 24.6. The normalized spacial score (nSPS) is 15.0. The van der Waals surface area contributed by atoms with Gasteiger partial charge in [0.05, 0.1) is 22.4 Å². The summed E-state index contributed by atoms with van der Waals surface area (Å²) in [6.07, 6.45) is 5.65. The van der Waals surface area contributed by atoms with E-state index in [0.29, 0.717) is 0 Å². The predicted molar refractivity (Wildman–Crippen MR) is 139 cm³/mol. The quantitative estimate of drug-likeness (QED) is 0.409. The van der Waals surface area contributed by atoms with Crippen molar-refractivity contribution in [2.75, 3.05) is 52.2 Å². The highest BCUT2D eigenvalue weighted by Gasteiger charge is 2.20. The molecule has 6 heterocycles. The number of rotatable bonds is 5. The van der Waals surface area contributed by atoms with Crippen LogP contribution in [0.15, 0.2) is 48.9 Å². The van der Waals surface area contributed by atoms with E-state index in [-0.39, 0.29) is 0 Å². The molecule has 0 saturated carbocycles. The molecule has 0 spiro atoms. The largest absolute Gasteiger partial charge is 0.353 e. The summed E-state index contributed by atoms with van der Waals surface area (Å²) in [6.45, 7) is 4.85. The van der Waals surface area contributed by atoms with E-state index in [1.165, 1.54) is 0 Å². The zero-order valence-electron chi connectivity index (χ0n) is 20.3. The Bertz CT molecular complexity index is 1490. The van der Waals surface area contributed by atoms with Gasteiger partial charge in [-0.25, -0.2) is 9.97 Å². The Morgan fingerprint density at radius 2 is 1.86 bits per heavy atom. The van der Waals surface area contributed by atoms with Gasteiger partial charge in [0.25, 0.3) is 0 Å². The van der Waals surface area contributed by atoms with E-state index < -0.39 is 0 Å². The van der Waals surface area contributed by atoms with Crippen LogP contribution in [0.2, 0.25) is 0 Å². The number of fused-ring (bicyclic) bond motifs is 2. The Kier molecular flexibility index (Phi) is 5.43. The Morgan fingerprint density at radius 3 is 2.69 bits per heavy atom. The molecule has 0 aliphatic carbocycles. The number of H-pyrrole nitrogens is 2. The lowest BCUT2D eigenvalue weighted by Crippen LogP contribution is -2.44. The molecule has 0 amide bonds. The van der Waals surface area contributed by atoms with E-state index in [2.05, 4.69) is 68.1 Å². The number of likely N-dealkylation sites (N-methyl/N-ethyl adjacent to an activating group) is 1. The minimum atomic E-state index is 0.805. The molecule has 178 valence electrons. The van der Waals surface area contributed by atoms with Crippen LogP contribution in [0.25, 0.3) is 44.6 Å². The van der Waals surface area contributed by atoms with Crippen LogP contribution < -0.4 is 4.90 Å². The first-order chi connectivity index (χ1) is 17.0. The number of aromatic nitrogens is 6. The summed E-state index contributed by atoms with van der Waals surface area (Å²) >= 11 is 0. The SMILES string of the molecule is CN(C)Cc1cncc(-c2ccc3[nH]nc(-c4cc5c(N6CCN(C)CC6)nccc5[nH]4)c3n2)c1. The minimum Gasteiger partial charge on any atom is -0.353 e. The average Bonchev–Trinajstić information content (AvgIpc) is 3.48. The fraction of sp³-hybridized carbons (Fsp3) is 0.308. The fourth-order valence-electron chi connectivity index (χ4n) is 4.76. The zero-order valence-corrected chi connectivity index (χ0v) is 20.3. The number of pyridine rings is 3. The summed E-state index contributed by atoms with van der Waals surface area (Å²) in [5.74, 6) is 1.02. The van der Waals surface area contributed by atoms with E-state index >= 15 is 0 Å². The van der Waals surface area contributed by atoms with Crippen molar-refractivity contribution in [1.82, 2.24) is 39.9 Å². The summed E-state index contributed by atoms with van der Waals surface area (Å²) in [6, 6.07) is 10.4. The van der Waals surface area contributed by atoms with Crippen LogP contribution in [0, 0.1) is 0 Å². The Labute approximate surface area is 203 Å². The van der Waals surface area contributed by atoms with Gasteiger partial charge in [-0.3, -0.25) is 10.1 Å². The molecule has 0 aromatic carbocycles. The molecule has 9 heteroatoms. The van der Waals surface area contributed by atoms with Crippen LogP contribution in [0.3, 0.4) is 0 Å². The molecule has 0 radical (unpaired) electrons. The molecular weight excluding hydrogens is 438 g/mol. The Balaban J connectivity index is 1.39. The molecule has 5 aromatic rings. The minimum absolute atomic E-state index is 0.805. The fourth-order valence-corrected chi connectivity index (χ4v) is 4.76. The van der Waals surface area contributed by atoms with E-state index in [1.807, 2.05) is 36.8 Å². The van der Waals surface area contributed by atoms with Crippen molar-refractivity contribution in [1.29, 1.82) is 0 Å². The van der Waals surface area contributed by atoms with Gasteiger partial charge >= 0.3 is 0 Å². The smallest absolute Gasteiger partial charge is 0.138 e. The van der Waals surface area contributed by atoms with Crippen molar-refractivity contribution in [2.24, 2.45) is 0 Å². The molecule has 9 nitrogen and oxygen atoms in total. The van der Waals surface area contributed by atoms with Crippen LogP contribution in [-0.2, 0) is 6.54 Å². The van der Waals surface area contributed by atoms with Crippen molar-refractivity contribution in [3.8, 4) is 22.6 Å². The number of hydrogen-bond acceptors (Lipinski definition) is 7. The molecule has 0 atom stereocenters. The number of piperazine rings is 1. The summed E-state index contributed by atoms with van der Waals surface area (Å²) in [7, 11) is 6.28. The van der Waals surface area contributed by atoms with Gasteiger partial charge in [-0.2, -0.15) is 5.10 Å². The molecule has 6 rings (SSSR count). The van der Waals surface area contributed by atoms with Gasteiger partial charge in [0.1, 0.15) is 17.0 Å². The maximum atomic E-state index is 4.99. The van der Waals surface area contributed by atoms with Crippen LogP contribution in [-0.4, -0.2) is 87.3 Å². The van der Waals surface area contributed by atoms with E-state index in [9.17, 15) is 0 Å². The molecule has 1 fully saturated rings. The summed E-state index contributed by atoms with van der Waals surface area (Å²) in [5.41, 5.74) is 7.55. The van der Waals surface area contributed by atoms with Crippen molar-refractivity contribution < 1.29 is 0 Å². The first-order valence-electron chi connectivity index (χ1n) is 11.9. The van der Waals surface area contributed by atoms with Gasteiger partial charge in [-0.05, 0) is 57.0 Å². The number of hydrogen-bond donors (Lipinski definition) is 2. The van der Waals surface area contributed by atoms with Gasteiger partial charge in [-0.15, -0.1) is 0 Å². The van der Waals surface area contributed by atoms with Crippen LogP contribution in [0.1, 0.15) is 5.56 Å². The van der Waals surface area contributed by atoms with Gasteiger partial charge in [0, 0.05) is 62.3 Å². The van der Waals surface area contributed by atoms with Crippen LogP contribution in [0.4, 0.5) is 5.82 Å². The van der Waals surface area contributed by atoms with Gasteiger partial charge < -0.3 is 19.7 Å². The number of anilines is 1. The molecule has 1 aliphatic rings. The first kappa shape index (κ1) is 21.7. The summed E-state index contributed by atoms with van der Waals surface area (Å²) < 4.78 is 0. The van der Waals surface area contributed by atoms with Crippen LogP contribution >= 0.6 is 0 Å². The second-order valence-corrected chi connectivity index (χ2v) is 9.55. The van der Waals surface area contributed by atoms with Gasteiger partial charge in [-0.1, -0.05) is 0 Å². The maximum absolute atomic E-state index is 4.99. The predicted octanol–water partition coefficient (Wildman–Crippen LogP) is 3.38. The Hall–Kier alpha value is -3.82. The molecule has 0 unspecified atom stereocenters. The maximum Gasteiger partial charge on any atom is 0.138 e. The highest BCUT2D eigenvalue weighted by Crippen LogP contribution is 2.33. The summed E-state index contributed by atoms with van der Waals surface area (Å²) in [5, 5.41) is 8.88. The van der Waals surface area contributed by atoms with Crippen molar-refractivity contribution in [3.05, 3.63) is 54.5 Å². The molecule has 1 aliphatic heterocycles. The number of nitrogens with zero attached hydrogens (tertiary/aromatic N) is 7. The third-order valence-electron chi connectivity index (χ3n) is 6.58. The standard InChI is InChI=1S/C26H29N9/c1-33(2)16-17-12-18(15-27-14-17)20-4-5-22-24(30-20)25(32-31-22)23-13-19-21(29-23)6-7-28-26(19)35-10-8-34(3)9-11-35/h4-7,12-15,29H,8-11,16H2,1-3H3,(H,31,32). The van der Waals surface area contributed by atoms with E-state index in [0.717, 1.165) is 88.7 Å². The second-order valence-electron chi connectivity index (χ2n) is 9.55. The van der Waals surface area contributed by atoms with Crippen molar-refractivity contribution in [3.63, 3.8) is 0 Å². The second kappa shape index (κ2) is 8.75. The van der Waals surface area contributed by atoms with E-state index in [4.69, 9.17) is 9.97 Å². The van der Waals surface area contributed by atoms with E-state index in [1.54, 1.807) is 0 Å². The average molecular weight is 468 g/mol. The van der Waals surface area contributed by atoms with Crippen molar-refractivity contribution >= 4 is 27.8 Å². The molecule has 2 N–H and O–H groups in total. The van der Waals surface area contributed by atoms with Crippen LogP contribution in [0.5, 0.6) is 0 Å². The molecule has 0 bridgehead atoms. The molecule has 5 aromatic heterocycles. The molecule has 35 heavy (non-hydrogen) atoms. The monoisotopic (exact) mass is 467 g/mol. The molecule has 1 saturated heterocycles. The zero-order chi connectivity index (χ0) is 23.9. The lowest BCUT2D eigenvalue weighted by Gasteiger charge is -2.33. The van der Waals surface area contributed by atoms with Gasteiger partial charge in [0.15, 0.2) is 0 Å². The first-order valence-corrected chi connectivity index (χ1v) is 11.9. The Morgan fingerprint density at radius 1 is 1.00 bits per heavy atom. The number of nitrogens with one attached hydrogen (secondary N) is 2. The highest BCUT2D eigenvalue weighted by atomic mass is 15.3. The lowest BCUT2D eigenvalue weighted by atomic mass is 10.1. The number of aromatic amines is 2. The lowest BCUT2D eigenvalue weighted by molar-refractivity contribution is 0.312. The third kappa shape index (κ3) is 4.13. The highest BCUT2D eigenvalue weighted by molar-refractivity contribution is 5.98. The molecular formula is C26H29N9. The van der Waals surface area contributed by atoms with Gasteiger partial charge in [0.2, 0.25) is 0 Å². The topological polar surface area (TPSA) is 92.9 Å². The third-order valence-corrected chi connectivity index (χ3v) is 6.58. The van der Waals surface area contributed by atoms with Crippen molar-refractivity contribution in [2.45, 2.75) is 6.54 Å².